The summed E-state index contributed by atoms with van der Waals surface area (Å²) in [6.45, 7) is 4.68. The zero-order chi connectivity index (χ0) is 13.4. The molecule has 1 heterocycles. The van der Waals surface area contributed by atoms with E-state index in [1.54, 1.807) is 0 Å². The molecule has 1 aromatic rings. The molecule has 18 heavy (non-hydrogen) atoms. The van der Waals surface area contributed by atoms with Crippen molar-refractivity contribution in [3.63, 3.8) is 0 Å². The van der Waals surface area contributed by atoms with E-state index in [-0.39, 0.29) is 5.56 Å². The highest BCUT2D eigenvalue weighted by molar-refractivity contribution is 7.99. The molecule has 0 aliphatic rings. The summed E-state index contributed by atoms with van der Waals surface area (Å²) in [6, 6.07) is 3.68. The van der Waals surface area contributed by atoms with Gasteiger partial charge in [0.25, 0.3) is 5.56 Å². The number of nitriles is 1. The Morgan fingerprint density at radius 3 is 3.06 bits per heavy atom. The molecule has 0 saturated carbocycles. The van der Waals surface area contributed by atoms with Crippen LogP contribution in [-0.2, 0) is 0 Å². The van der Waals surface area contributed by atoms with Gasteiger partial charge in [0.1, 0.15) is 5.54 Å². The average molecular weight is 266 g/mol. The van der Waals surface area contributed by atoms with Gasteiger partial charge in [0.05, 0.1) is 6.07 Å². The van der Waals surface area contributed by atoms with E-state index in [4.69, 9.17) is 5.26 Å². The van der Waals surface area contributed by atoms with Crippen LogP contribution in [0.25, 0.3) is 0 Å². The van der Waals surface area contributed by atoms with Gasteiger partial charge in [-0.25, -0.2) is 4.98 Å². The maximum Gasteiger partial charge on any atom is 0.251 e. The normalized spacial score (nSPS) is 13.8. The minimum atomic E-state index is -0.465. The fourth-order valence-electron chi connectivity index (χ4n) is 1.59. The molecule has 0 aliphatic carbocycles. The van der Waals surface area contributed by atoms with Crippen LogP contribution >= 0.6 is 11.8 Å². The van der Waals surface area contributed by atoms with E-state index >= 15 is 0 Å². The van der Waals surface area contributed by atoms with Crippen molar-refractivity contribution in [3.05, 3.63) is 22.6 Å². The first-order chi connectivity index (χ1) is 8.59. The highest BCUT2D eigenvalue weighted by Gasteiger charge is 2.21. The Morgan fingerprint density at radius 1 is 1.67 bits per heavy atom. The molecule has 0 radical (unpaired) electrons. The summed E-state index contributed by atoms with van der Waals surface area (Å²) in [4.78, 5) is 17.8. The third-order valence-electron chi connectivity index (χ3n) is 2.52. The van der Waals surface area contributed by atoms with E-state index in [2.05, 4.69) is 21.4 Å². The van der Waals surface area contributed by atoms with Gasteiger partial charge < -0.3 is 4.98 Å². The van der Waals surface area contributed by atoms with Gasteiger partial charge in [-0.05, 0) is 26.3 Å². The molecule has 1 aromatic heterocycles. The van der Waals surface area contributed by atoms with Crippen LogP contribution in [0.5, 0.6) is 0 Å². The van der Waals surface area contributed by atoms with Crippen LogP contribution in [0.3, 0.4) is 0 Å². The number of hydrogen-bond donors (Lipinski definition) is 2. The Labute approximate surface area is 111 Å². The highest BCUT2D eigenvalue weighted by Crippen LogP contribution is 2.17. The van der Waals surface area contributed by atoms with Gasteiger partial charge in [0.2, 0.25) is 0 Å². The molecule has 0 aliphatic heterocycles. The number of nitrogens with one attached hydrogen (secondary N) is 2. The lowest BCUT2D eigenvalue weighted by Crippen LogP contribution is -2.40. The van der Waals surface area contributed by atoms with E-state index in [1.165, 1.54) is 24.0 Å². The number of hydrogen-bond acceptors (Lipinski definition) is 5. The summed E-state index contributed by atoms with van der Waals surface area (Å²) in [5.41, 5.74) is -0.602. The predicted molar refractivity (Wildman–Crippen MR) is 72.5 cm³/mol. The third kappa shape index (κ3) is 4.90. The van der Waals surface area contributed by atoms with Crippen molar-refractivity contribution in [3.8, 4) is 6.07 Å². The minimum Gasteiger partial charge on any atom is -0.301 e. The average Bonchev–Trinajstić information content (AvgIpc) is 2.35. The van der Waals surface area contributed by atoms with Crippen LogP contribution in [-0.4, -0.2) is 27.8 Å². The molecule has 0 fully saturated rings. The Bertz CT molecular complexity index is 468. The van der Waals surface area contributed by atoms with Crippen LogP contribution in [0.4, 0.5) is 0 Å². The lowest BCUT2D eigenvalue weighted by Gasteiger charge is -2.21. The van der Waals surface area contributed by atoms with E-state index < -0.39 is 5.54 Å². The highest BCUT2D eigenvalue weighted by atomic mass is 32.2. The van der Waals surface area contributed by atoms with E-state index in [0.29, 0.717) is 5.16 Å². The lowest BCUT2D eigenvalue weighted by atomic mass is 9.98. The van der Waals surface area contributed by atoms with Crippen LogP contribution < -0.4 is 10.9 Å². The second kappa shape index (κ2) is 7.19. The van der Waals surface area contributed by atoms with Crippen molar-refractivity contribution >= 4 is 11.8 Å². The number of H-pyrrole nitrogens is 1. The summed E-state index contributed by atoms with van der Waals surface area (Å²) in [5.74, 6) is 0.829. The summed E-state index contributed by atoms with van der Waals surface area (Å²) in [5, 5.41) is 12.9. The molecular formula is C12H18N4OS. The first-order valence-electron chi connectivity index (χ1n) is 5.94. The number of aromatic nitrogens is 2. The summed E-state index contributed by atoms with van der Waals surface area (Å²) < 4.78 is 0. The Hall–Kier alpha value is -1.32. The SMILES string of the molecule is CCNC(C)(C#N)CCCSc1nccc(=O)[nH]1. The lowest BCUT2D eigenvalue weighted by molar-refractivity contribution is 0.426. The number of rotatable bonds is 7. The maximum absolute atomic E-state index is 11.1. The quantitative estimate of drug-likeness (QED) is 0.444. The van der Waals surface area contributed by atoms with E-state index in [9.17, 15) is 4.79 Å². The molecule has 0 saturated heterocycles. The fourth-order valence-corrected chi connectivity index (χ4v) is 2.38. The van der Waals surface area contributed by atoms with Crippen LogP contribution in [0.15, 0.2) is 22.2 Å². The monoisotopic (exact) mass is 266 g/mol. The summed E-state index contributed by atoms with van der Waals surface area (Å²) in [6.07, 6.45) is 3.17. The molecular weight excluding hydrogens is 248 g/mol. The number of thioether (sulfide) groups is 1. The molecule has 98 valence electrons. The van der Waals surface area contributed by atoms with Gasteiger partial charge in [-0.15, -0.1) is 0 Å². The van der Waals surface area contributed by atoms with Crippen LogP contribution in [0.1, 0.15) is 26.7 Å². The van der Waals surface area contributed by atoms with E-state index in [1.807, 2.05) is 13.8 Å². The minimum absolute atomic E-state index is 0.137. The smallest absolute Gasteiger partial charge is 0.251 e. The molecule has 1 unspecified atom stereocenters. The Kier molecular flexibility index (Phi) is 5.89. The largest absolute Gasteiger partial charge is 0.301 e. The molecule has 2 N–H and O–H groups in total. The van der Waals surface area contributed by atoms with Gasteiger partial charge in [-0.1, -0.05) is 18.7 Å². The molecule has 1 rings (SSSR count). The molecule has 0 amide bonds. The fraction of sp³-hybridized carbons (Fsp3) is 0.583. The Balaban J connectivity index is 2.35. The molecule has 5 nitrogen and oxygen atoms in total. The van der Waals surface area contributed by atoms with Gasteiger partial charge in [0, 0.05) is 18.0 Å². The first-order valence-corrected chi connectivity index (χ1v) is 6.92. The maximum atomic E-state index is 11.1. The van der Waals surface area contributed by atoms with Gasteiger partial charge in [-0.3, -0.25) is 10.1 Å². The number of aromatic amines is 1. The predicted octanol–water partition coefficient (Wildman–Crippen LogP) is 1.53. The van der Waals surface area contributed by atoms with Crippen molar-refractivity contribution < 1.29 is 0 Å². The van der Waals surface area contributed by atoms with Crippen LogP contribution in [0.2, 0.25) is 0 Å². The van der Waals surface area contributed by atoms with Crippen molar-refractivity contribution in [1.82, 2.24) is 15.3 Å². The second-order valence-electron chi connectivity index (χ2n) is 4.17. The molecule has 0 aromatic carbocycles. The Morgan fingerprint density at radius 2 is 2.44 bits per heavy atom. The zero-order valence-corrected chi connectivity index (χ0v) is 11.5. The van der Waals surface area contributed by atoms with Crippen molar-refractivity contribution in [2.24, 2.45) is 0 Å². The second-order valence-corrected chi connectivity index (χ2v) is 5.25. The molecule has 6 heteroatoms. The van der Waals surface area contributed by atoms with Crippen molar-refractivity contribution in [1.29, 1.82) is 5.26 Å². The van der Waals surface area contributed by atoms with Gasteiger partial charge in [0.15, 0.2) is 5.16 Å². The zero-order valence-electron chi connectivity index (χ0n) is 10.7. The standard InChI is InChI=1S/C12H18N4OS/c1-3-15-12(2,9-13)6-4-8-18-11-14-7-5-10(17)16-11/h5,7,15H,3-4,6,8H2,1-2H3,(H,14,16,17). The first kappa shape index (κ1) is 14.7. The van der Waals surface area contributed by atoms with Gasteiger partial charge in [-0.2, -0.15) is 5.26 Å². The topological polar surface area (TPSA) is 81.6 Å². The van der Waals surface area contributed by atoms with Crippen LogP contribution in [0, 0.1) is 11.3 Å². The number of nitrogens with zero attached hydrogens (tertiary/aromatic N) is 2. The van der Waals surface area contributed by atoms with E-state index in [0.717, 1.165) is 25.1 Å². The third-order valence-corrected chi connectivity index (χ3v) is 3.50. The summed E-state index contributed by atoms with van der Waals surface area (Å²) in [7, 11) is 0. The van der Waals surface area contributed by atoms with Crippen molar-refractivity contribution in [2.45, 2.75) is 37.4 Å². The van der Waals surface area contributed by atoms with Crippen molar-refractivity contribution in [2.75, 3.05) is 12.3 Å². The molecule has 1 atom stereocenters. The van der Waals surface area contributed by atoms with Gasteiger partial charge >= 0.3 is 0 Å². The molecule has 0 bridgehead atoms. The summed E-state index contributed by atoms with van der Waals surface area (Å²) >= 11 is 1.50. The molecule has 0 spiro atoms.